The molecule has 6 heteroatoms. The van der Waals surface area contributed by atoms with E-state index in [1.54, 1.807) is 12.1 Å². The standard InChI is InChI=1S/C15H21NO4S/c1-3-16(10-13-7-8-20-11-13)21(18,19)15-6-4-5-14(9-15)12(2)17/h4-6,9,13H,3,7-8,10-11H2,1-2H3. The van der Waals surface area contributed by atoms with Crippen molar-refractivity contribution in [2.75, 3.05) is 26.3 Å². The van der Waals surface area contributed by atoms with E-state index in [2.05, 4.69) is 0 Å². The first-order valence-corrected chi connectivity index (χ1v) is 8.58. The largest absolute Gasteiger partial charge is 0.381 e. The van der Waals surface area contributed by atoms with Crippen LogP contribution >= 0.6 is 0 Å². The zero-order valence-corrected chi connectivity index (χ0v) is 13.2. The number of Topliss-reactive ketones (excluding diaryl/α,β-unsaturated/α-hetero) is 1. The first-order valence-electron chi connectivity index (χ1n) is 7.14. The van der Waals surface area contributed by atoms with Crippen molar-refractivity contribution in [3.8, 4) is 0 Å². The fourth-order valence-corrected chi connectivity index (χ4v) is 4.01. The quantitative estimate of drug-likeness (QED) is 0.753. The molecule has 1 saturated heterocycles. The maximum atomic E-state index is 12.7. The van der Waals surface area contributed by atoms with Gasteiger partial charge in [-0.2, -0.15) is 4.31 Å². The molecule has 1 aliphatic heterocycles. The minimum absolute atomic E-state index is 0.140. The Bertz CT molecular complexity index is 606. The van der Waals surface area contributed by atoms with Crippen molar-refractivity contribution in [3.05, 3.63) is 29.8 Å². The molecule has 116 valence electrons. The van der Waals surface area contributed by atoms with Crippen molar-refractivity contribution in [3.63, 3.8) is 0 Å². The Labute approximate surface area is 126 Å². The zero-order chi connectivity index (χ0) is 15.5. The van der Waals surface area contributed by atoms with Gasteiger partial charge in [-0.05, 0) is 31.4 Å². The second kappa shape index (κ2) is 6.68. The SMILES string of the molecule is CCN(CC1CCOC1)S(=O)(=O)c1cccc(C(C)=O)c1. The summed E-state index contributed by atoms with van der Waals surface area (Å²) in [6.45, 7) is 5.43. The lowest BCUT2D eigenvalue weighted by molar-refractivity contribution is 0.101. The zero-order valence-electron chi connectivity index (χ0n) is 12.4. The van der Waals surface area contributed by atoms with Crippen molar-refractivity contribution in [2.24, 2.45) is 5.92 Å². The molecule has 1 aliphatic rings. The lowest BCUT2D eigenvalue weighted by Crippen LogP contribution is -2.35. The first-order chi connectivity index (χ1) is 9.95. The van der Waals surface area contributed by atoms with E-state index in [4.69, 9.17) is 4.74 Å². The van der Waals surface area contributed by atoms with E-state index in [1.807, 2.05) is 6.92 Å². The summed E-state index contributed by atoms with van der Waals surface area (Å²) >= 11 is 0. The van der Waals surface area contributed by atoms with Crippen molar-refractivity contribution < 1.29 is 17.9 Å². The van der Waals surface area contributed by atoms with Crippen LogP contribution in [0.5, 0.6) is 0 Å². The van der Waals surface area contributed by atoms with Gasteiger partial charge >= 0.3 is 0 Å². The molecular weight excluding hydrogens is 290 g/mol. The van der Waals surface area contributed by atoms with Gasteiger partial charge < -0.3 is 4.74 Å². The predicted octanol–water partition coefficient (Wildman–Crippen LogP) is 1.94. The van der Waals surface area contributed by atoms with Crippen LogP contribution in [0.25, 0.3) is 0 Å². The summed E-state index contributed by atoms with van der Waals surface area (Å²) in [4.78, 5) is 11.6. The van der Waals surface area contributed by atoms with Gasteiger partial charge in [-0.25, -0.2) is 8.42 Å². The van der Waals surface area contributed by atoms with Crippen molar-refractivity contribution >= 4 is 15.8 Å². The number of carbonyl (C=O) groups is 1. The summed E-state index contributed by atoms with van der Waals surface area (Å²) in [6.07, 6.45) is 0.888. The molecule has 5 nitrogen and oxygen atoms in total. The Balaban J connectivity index is 2.25. The van der Waals surface area contributed by atoms with Crippen LogP contribution in [0.3, 0.4) is 0 Å². The van der Waals surface area contributed by atoms with Crippen molar-refractivity contribution in [1.82, 2.24) is 4.31 Å². The Morgan fingerprint density at radius 1 is 1.43 bits per heavy atom. The lowest BCUT2D eigenvalue weighted by Gasteiger charge is -2.23. The maximum absolute atomic E-state index is 12.7. The van der Waals surface area contributed by atoms with E-state index in [0.29, 0.717) is 31.9 Å². The molecule has 1 heterocycles. The summed E-state index contributed by atoms with van der Waals surface area (Å²) in [6, 6.07) is 6.22. The van der Waals surface area contributed by atoms with E-state index in [-0.39, 0.29) is 16.6 Å². The molecule has 0 N–H and O–H groups in total. The highest BCUT2D eigenvalue weighted by atomic mass is 32.2. The van der Waals surface area contributed by atoms with Crippen LogP contribution in [0.2, 0.25) is 0 Å². The molecule has 0 amide bonds. The van der Waals surface area contributed by atoms with E-state index >= 15 is 0 Å². The van der Waals surface area contributed by atoms with Gasteiger partial charge in [0.1, 0.15) is 0 Å². The number of benzene rings is 1. The molecule has 0 aromatic heterocycles. The highest BCUT2D eigenvalue weighted by molar-refractivity contribution is 7.89. The second-order valence-corrected chi connectivity index (χ2v) is 7.21. The summed E-state index contributed by atoms with van der Waals surface area (Å²) in [5.74, 6) is 0.106. The second-order valence-electron chi connectivity index (χ2n) is 5.27. The highest BCUT2D eigenvalue weighted by Gasteiger charge is 2.28. The van der Waals surface area contributed by atoms with Crippen molar-refractivity contribution in [2.45, 2.75) is 25.2 Å². The minimum atomic E-state index is -3.57. The molecule has 2 rings (SSSR count). The topological polar surface area (TPSA) is 63.7 Å². The van der Waals surface area contributed by atoms with E-state index in [9.17, 15) is 13.2 Å². The van der Waals surface area contributed by atoms with Gasteiger partial charge in [-0.15, -0.1) is 0 Å². The molecule has 0 radical (unpaired) electrons. The molecule has 1 aromatic rings. The molecule has 0 bridgehead atoms. The highest BCUT2D eigenvalue weighted by Crippen LogP contribution is 2.21. The summed E-state index contributed by atoms with van der Waals surface area (Å²) in [5, 5.41) is 0. The fourth-order valence-electron chi connectivity index (χ4n) is 2.44. The van der Waals surface area contributed by atoms with Gasteiger partial charge in [-0.1, -0.05) is 19.1 Å². The van der Waals surface area contributed by atoms with Crippen LogP contribution < -0.4 is 0 Å². The Kier molecular flexibility index (Phi) is 5.13. The van der Waals surface area contributed by atoms with Gasteiger partial charge in [0.2, 0.25) is 10.0 Å². The minimum Gasteiger partial charge on any atom is -0.381 e. The molecule has 1 atom stereocenters. The number of nitrogens with zero attached hydrogens (tertiary/aromatic N) is 1. The molecule has 0 aliphatic carbocycles. The smallest absolute Gasteiger partial charge is 0.243 e. The van der Waals surface area contributed by atoms with E-state index in [1.165, 1.54) is 23.4 Å². The number of sulfonamides is 1. The number of ketones is 1. The predicted molar refractivity (Wildman–Crippen MR) is 79.8 cm³/mol. The molecule has 1 fully saturated rings. The molecule has 0 saturated carbocycles. The van der Waals surface area contributed by atoms with Gasteiger partial charge in [0.15, 0.2) is 5.78 Å². The average molecular weight is 311 g/mol. The third-order valence-electron chi connectivity index (χ3n) is 3.72. The van der Waals surface area contributed by atoms with E-state index < -0.39 is 10.0 Å². The number of carbonyl (C=O) groups excluding carboxylic acids is 1. The normalized spacial score (nSPS) is 19.1. The van der Waals surface area contributed by atoms with Crippen LogP contribution in [0.15, 0.2) is 29.2 Å². The number of hydrogen-bond donors (Lipinski definition) is 0. The first kappa shape index (κ1) is 16.1. The van der Waals surface area contributed by atoms with Crippen LogP contribution in [0.4, 0.5) is 0 Å². The van der Waals surface area contributed by atoms with Gasteiger partial charge in [0.05, 0.1) is 11.5 Å². The average Bonchev–Trinajstić information content (AvgIpc) is 2.97. The van der Waals surface area contributed by atoms with Crippen LogP contribution in [-0.4, -0.2) is 44.8 Å². The molecular formula is C15H21NO4S. The summed E-state index contributed by atoms with van der Waals surface area (Å²) < 4.78 is 32.2. The van der Waals surface area contributed by atoms with Crippen molar-refractivity contribution in [1.29, 1.82) is 0 Å². The molecule has 1 unspecified atom stereocenters. The monoisotopic (exact) mass is 311 g/mol. The van der Waals surface area contributed by atoms with Gasteiger partial charge in [-0.3, -0.25) is 4.79 Å². The Hall–Kier alpha value is -1.24. The Morgan fingerprint density at radius 3 is 2.76 bits per heavy atom. The Morgan fingerprint density at radius 2 is 2.19 bits per heavy atom. The van der Waals surface area contributed by atoms with Crippen LogP contribution in [0, 0.1) is 5.92 Å². The summed E-state index contributed by atoms with van der Waals surface area (Å²) in [5.41, 5.74) is 0.413. The summed E-state index contributed by atoms with van der Waals surface area (Å²) in [7, 11) is -3.57. The number of ether oxygens (including phenoxy) is 1. The van der Waals surface area contributed by atoms with Crippen LogP contribution in [0.1, 0.15) is 30.6 Å². The molecule has 1 aromatic carbocycles. The number of rotatable bonds is 6. The fraction of sp³-hybridized carbons (Fsp3) is 0.533. The van der Waals surface area contributed by atoms with Crippen LogP contribution in [-0.2, 0) is 14.8 Å². The third kappa shape index (κ3) is 3.70. The molecule has 0 spiro atoms. The number of hydrogen-bond acceptors (Lipinski definition) is 4. The third-order valence-corrected chi connectivity index (χ3v) is 5.65. The molecule has 21 heavy (non-hydrogen) atoms. The van der Waals surface area contributed by atoms with Gasteiger partial charge in [0.25, 0.3) is 0 Å². The van der Waals surface area contributed by atoms with E-state index in [0.717, 1.165) is 6.42 Å². The maximum Gasteiger partial charge on any atom is 0.243 e. The lowest BCUT2D eigenvalue weighted by atomic mass is 10.1. The van der Waals surface area contributed by atoms with Gasteiger partial charge in [0, 0.05) is 25.3 Å².